The van der Waals surface area contributed by atoms with Crippen LogP contribution in [0.2, 0.25) is 0 Å². The Morgan fingerprint density at radius 2 is 1.92 bits per heavy atom. The maximum Gasteiger partial charge on any atom is 0.325 e. The van der Waals surface area contributed by atoms with Gasteiger partial charge in [-0.05, 0) is 43.2 Å². The minimum atomic E-state index is -0.590. The molecule has 0 bridgehead atoms. The number of para-hydroxylation sites is 1. The first-order valence-electron chi connectivity index (χ1n) is 7.87. The third-order valence-corrected chi connectivity index (χ3v) is 4.53. The molecule has 0 saturated carbocycles. The molecule has 3 aromatic rings. The lowest BCUT2D eigenvalue weighted by Crippen LogP contribution is -2.19. The molecule has 6 nitrogen and oxygen atoms in total. The normalized spacial score (nSPS) is 10.4. The number of nitrogens with zero attached hydrogens (tertiary/aromatic N) is 2. The van der Waals surface area contributed by atoms with Gasteiger partial charge in [-0.2, -0.15) is 0 Å². The van der Waals surface area contributed by atoms with Gasteiger partial charge in [0.1, 0.15) is 18.2 Å². The lowest BCUT2D eigenvalue weighted by atomic mass is 10.1. The number of carbonyl (C=O) groups is 1. The van der Waals surface area contributed by atoms with Crippen molar-refractivity contribution in [3.8, 4) is 5.75 Å². The van der Waals surface area contributed by atoms with E-state index in [1.165, 1.54) is 23.5 Å². The fourth-order valence-electron chi connectivity index (χ4n) is 2.20. The minimum Gasteiger partial charge on any atom is -0.486 e. The molecule has 3 rings (SSSR count). The largest absolute Gasteiger partial charge is 0.486 e. The van der Waals surface area contributed by atoms with Crippen molar-refractivity contribution in [3.63, 3.8) is 0 Å². The first kappa shape index (κ1) is 17.8. The summed E-state index contributed by atoms with van der Waals surface area (Å²) in [4.78, 5) is 11.9. The van der Waals surface area contributed by atoms with Crippen LogP contribution in [0.3, 0.4) is 0 Å². The molecule has 0 atom stereocenters. The topological polar surface area (TPSA) is 76.1 Å². The zero-order chi connectivity index (χ0) is 18.5. The lowest BCUT2D eigenvalue weighted by molar-refractivity contribution is 0.262. The predicted octanol–water partition coefficient (Wildman–Crippen LogP) is 4.52. The quantitative estimate of drug-likeness (QED) is 0.690. The van der Waals surface area contributed by atoms with Gasteiger partial charge in [-0.25, -0.2) is 9.18 Å². The molecule has 0 saturated heterocycles. The van der Waals surface area contributed by atoms with Crippen molar-refractivity contribution in [2.75, 3.05) is 10.6 Å². The number of hydrogen-bond donors (Lipinski definition) is 2. The zero-order valence-electron chi connectivity index (χ0n) is 14.2. The smallest absolute Gasteiger partial charge is 0.325 e. The summed E-state index contributed by atoms with van der Waals surface area (Å²) < 4.78 is 19.3. The summed E-state index contributed by atoms with van der Waals surface area (Å²) in [5.41, 5.74) is 2.31. The van der Waals surface area contributed by atoms with E-state index in [1.807, 2.05) is 32.0 Å². The van der Waals surface area contributed by atoms with Crippen LogP contribution in [-0.2, 0) is 6.61 Å². The number of aryl methyl sites for hydroxylation is 1. The fraction of sp³-hybridized carbons (Fsp3) is 0.167. The van der Waals surface area contributed by atoms with Crippen LogP contribution in [0.5, 0.6) is 5.75 Å². The maximum absolute atomic E-state index is 13.5. The van der Waals surface area contributed by atoms with Gasteiger partial charge < -0.3 is 10.1 Å². The van der Waals surface area contributed by atoms with Gasteiger partial charge in [0.25, 0.3) is 0 Å². The van der Waals surface area contributed by atoms with Gasteiger partial charge in [0.2, 0.25) is 5.13 Å². The average molecular weight is 372 g/mol. The number of carbonyl (C=O) groups excluding carboxylic acids is 1. The van der Waals surface area contributed by atoms with E-state index in [4.69, 9.17) is 4.74 Å². The van der Waals surface area contributed by atoms with Gasteiger partial charge in [0.15, 0.2) is 5.01 Å². The van der Waals surface area contributed by atoms with E-state index in [1.54, 1.807) is 12.1 Å². The Hall–Kier alpha value is -3.00. The number of nitrogens with one attached hydrogen (secondary N) is 2. The molecule has 0 aliphatic heterocycles. The van der Waals surface area contributed by atoms with E-state index in [0.717, 1.165) is 16.9 Å². The number of ether oxygens (including phenoxy) is 1. The molecule has 2 amide bonds. The van der Waals surface area contributed by atoms with E-state index in [0.29, 0.717) is 10.1 Å². The molecule has 0 aliphatic carbocycles. The molecule has 1 aromatic heterocycles. The van der Waals surface area contributed by atoms with Crippen molar-refractivity contribution >= 4 is 28.2 Å². The van der Waals surface area contributed by atoms with Crippen LogP contribution in [0.1, 0.15) is 16.1 Å². The summed E-state index contributed by atoms with van der Waals surface area (Å²) in [6.45, 7) is 4.26. The van der Waals surface area contributed by atoms with Crippen LogP contribution in [0, 0.1) is 19.7 Å². The number of urea groups is 1. The highest BCUT2D eigenvalue weighted by atomic mass is 32.1. The third kappa shape index (κ3) is 4.34. The summed E-state index contributed by atoms with van der Waals surface area (Å²) in [5.74, 6) is 0.273. The summed E-state index contributed by atoms with van der Waals surface area (Å²) in [5, 5.41) is 13.8. The predicted molar refractivity (Wildman–Crippen MR) is 99.2 cm³/mol. The molecule has 1 heterocycles. The van der Waals surface area contributed by atoms with Crippen molar-refractivity contribution in [2.24, 2.45) is 0 Å². The lowest BCUT2D eigenvalue weighted by Gasteiger charge is -2.09. The van der Waals surface area contributed by atoms with Crippen molar-refractivity contribution in [2.45, 2.75) is 20.5 Å². The highest BCUT2D eigenvalue weighted by molar-refractivity contribution is 7.15. The van der Waals surface area contributed by atoms with Crippen LogP contribution >= 0.6 is 11.3 Å². The highest BCUT2D eigenvalue weighted by Crippen LogP contribution is 2.23. The van der Waals surface area contributed by atoms with Gasteiger partial charge in [0.05, 0.1) is 5.69 Å². The molecule has 0 spiro atoms. The van der Waals surface area contributed by atoms with Crippen LogP contribution in [0.4, 0.5) is 20.0 Å². The summed E-state index contributed by atoms with van der Waals surface area (Å²) >= 11 is 1.19. The van der Waals surface area contributed by atoms with Crippen LogP contribution in [0.15, 0.2) is 42.5 Å². The number of hydrogen-bond acceptors (Lipinski definition) is 5. The zero-order valence-corrected chi connectivity index (χ0v) is 15.1. The minimum absolute atomic E-state index is 0.0907. The highest BCUT2D eigenvalue weighted by Gasteiger charge is 2.11. The Bertz CT molecular complexity index is 929. The fourth-order valence-corrected chi connectivity index (χ4v) is 2.84. The first-order valence-corrected chi connectivity index (χ1v) is 8.68. The monoisotopic (exact) mass is 372 g/mol. The van der Waals surface area contributed by atoms with Gasteiger partial charge in [-0.3, -0.25) is 5.32 Å². The van der Waals surface area contributed by atoms with Crippen LogP contribution in [0.25, 0.3) is 0 Å². The van der Waals surface area contributed by atoms with Crippen molar-refractivity contribution in [3.05, 3.63) is 64.4 Å². The molecule has 0 unspecified atom stereocenters. The molecule has 134 valence electrons. The van der Waals surface area contributed by atoms with E-state index >= 15 is 0 Å². The van der Waals surface area contributed by atoms with E-state index < -0.39 is 11.8 Å². The van der Waals surface area contributed by atoms with Gasteiger partial charge in [0, 0.05) is 0 Å². The number of aromatic nitrogens is 2. The number of amides is 2. The van der Waals surface area contributed by atoms with Gasteiger partial charge >= 0.3 is 6.03 Å². The molecule has 0 aliphatic rings. The number of rotatable bonds is 5. The Balaban J connectivity index is 1.57. The van der Waals surface area contributed by atoms with Gasteiger partial charge in [-0.15, -0.1) is 10.2 Å². The maximum atomic E-state index is 13.5. The molecule has 2 aromatic carbocycles. The number of benzene rings is 2. The Morgan fingerprint density at radius 1 is 1.12 bits per heavy atom. The number of halogens is 1. The van der Waals surface area contributed by atoms with E-state index in [-0.39, 0.29) is 12.3 Å². The van der Waals surface area contributed by atoms with E-state index in [9.17, 15) is 9.18 Å². The third-order valence-electron chi connectivity index (χ3n) is 3.72. The Labute approximate surface area is 154 Å². The first-order chi connectivity index (χ1) is 12.5. The van der Waals surface area contributed by atoms with Crippen molar-refractivity contribution in [1.82, 2.24) is 10.2 Å². The van der Waals surface area contributed by atoms with Crippen molar-refractivity contribution in [1.29, 1.82) is 0 Å². The van der Waals surface area contributed by atoms with Crippen molar-refractivity contribution < 1.29 is 13.9 Å². The standard InChI is InChI=1S/C18H17FN4O2S/c1-11-6-5-9-15(12(11)2)25-10-16-22-23-18(26-16)21-17(24)20-14-8-4-3-7-13(14)19/h3-9H,10H2,1-2H3,(H2,20,21,23,24). The second kappa shape index (κ2) is 7.92. The Kier molecular flexibility index (Phi) is 5.43. The summed E-state index contributed by atoms with van der Waals surface area (Å²) in [6.07, 6.45) is 0. The molecule has 26 heavy (non-hydrogen) atoms. The molecule has 2 N–H and O–H groups in total. The van der Waals surface area contributed by atoms with Crippen LogP contribution < -0.4 is 15.4 Å². The van der Waals surface area contributed by atoms with Gasteiger partial charge in [-0.1, -0.05) is 35.6 Å². The molecular weight excluding hydrogens is 355 g/mol. The molecule has 8 heteroatoms. The average Bonchev–Trinajstić information content (AvgIpc) is 3.05. The summed E-state index contributed by atoms with van der Waals surface area (Å²) in [6, 6.07) is 11.2. The second-order valence-corrected chi connectivity index (χ2v) is 6.61. The Morgan fingerprint density at radius 3 is 2.73 bits per heavy atom. The second-order valence-electron chi connectivity index (χ2n) is 5.55. The number of anilines is 2. The molecule has 0 fully saturated rings. The van der Waals surface area contributed by atoms with Crippen LogP contribution in [-0.4, -0.2) is 16.2 Å². The molecular formula is C18H17FN4O2S. The molecule has 0 radical (unpaired) electrons. The van der Waals surface area contributed by atoms with E-state index in [2.05, 4.69) is 20.8 Å². The SMILES string of the molecule is Cc1cccc(OCc2nnc(NC(=O)Nc3ccccc3F)s2)c1C. The summed E-state index contributed by atoms with van der Waals surface area (Å²) in [7, 11) is 0.